The zero-order valence-electron chi connectivity index (χ0n) is 13.8. The van der Waals surface area contributed by atoms with Crippen LogP contribution in [-0.2, 0) is 14.4 Å². The summed E-state index contributed by atoms with van der Waals surface area (Å²) in [5, 5.41) is 18.2. The average molecular weight is 345 g/mol. The molecule has 0 fully saturated rings. The van der Waals surface area contributed by atoms with Crippen LogP contribution in [0.4, 0.5) is 4.39 Å². The van der Waals surface area contributed by atoms with Crippen LogP contribution < -0.4 is 5.73 Å². The highest BCUT2D eigenvalue weighted by Gasteiger charge is 2.60. The predicted octanol–water partition coefficient (Wildman–Crippen LogP) is 0.888. The molecule has 0 aromatic heterocycles. The van der Waals surface area contributed by atoms with Crippen LogP contribution in [0.15, 0.2) is 23.9 Å². The Morgan fingerprint density at radius 3 is 2.48 bits per heavy atom. The Hall–Kier alpha value is -3.21. The van der Waals surface area contributed by atoms with Crippen molar-refractivity contribution in [2.24, 2.45) is 11.7 Å². The van der Waals surface area contributed by atoms with Crippen molar-refractivity contribution in [3.63, 3.8) is 0 Å². The number of ketones is 1. The number of nitrogens with zero attached hydrogens (tertiary/aromatic N) is 2. The molecular weight excluding hydrogens is 329 g/mol. The lowest BCUT2D eigenvalue weighted by Crippen LogP contribution is -2.63. The summed E-state index contributed by atoms with van der Waals surface area (Å²) in [6.45, 7) is 3.10. The van der Waals surface area contributed by atoms with Gasteiger partial charge in [0.05, 0.1) is 5.56 Å². The van der Waals surface area contributed by atoms with Gasteiger partial charge in [-0.05, 0) is 30.2 Å². The van der Waals surface area contributed by atoms with Gasteiger partial charge in [0.2, 0.25) is 0 Å². The lowest BCUT2D eigenvalue weighted by molar-refractivity contribution is -0.158. The number of nitrogens with two attached hydrogens (primary N) is 1. The first kappa shape index (κ1) is 18.1. The highest BCUT2D eigenvalue weighted by Crippen LogP contribution is 2.46. The van der Waals surface area contributed by atoms with E-state index in [1.165, 1.54) is 31.0 Å². The van der Waals surface area contributed by atoms with Crippen molar-refractivity contribution in [1.29, 1.82) is 5.26 Å². The molecule has 1 aromatic rings. The number of carbonyl (C=O) groups excluding carboxylic acids is 2. The molecule has 1 amide bonds. The molecular formula is C17H16FN3O4. The number of amides is 1. The number of aliphatic carboxylic acids is 1. The monoisotopic (exact) mass is 345 g/mol. The summed E-state index contributed by atoms with van der Waals surface area (Å²) >= 11 is 0. The fourth-order valence-corrected chi connectivity index (χ4v) is 3.50. The SMILES string of the molecule is CC1=C(c2ccc(F)c(C#N)c2)C(C)C(C(N)=O)(C(=O)C(=O)O)N1C. The number of primary amides is 1. The maximum absolute atomic E-state index is 13.6. The Morgan fingerprint density at radius 1 is 1.40 bits per heavy atom. The molecule has 0 aliphatic carbocycles. The van der Waals surface area contributed by atoms with E-state index in [4.69, 9.17) is 16.1 Å². The van der Waals surface area contributed by atoms with Gasteiger partial charge in [-0.3, -0.25) is 9.59 Å². The predicted molar refractivity (Wildman–Crippen MR) is 85.2 cm³/mol. The van der Waals surface area contributed by atoms with Gasteiger partial charge in [-0.25, -0.2) is 9.18 Å². The van der Waals surface area contributed by atoms with Crippen LogP contribution in [0.3, 0.4) is 0 Å². The standard InChI is InChI=1S/C17H16FN3O4/c1-8-13(10-4-5-12(18)11(6-10)7-19)9(2)21(3)17(8,16(20)25)14(22)15(23)24/h4-6,8H,1-3H3,(H2,20,25)(H,23,24). The summed E-state index contributed by atoms with van der Waals surface area (Å²) in [4.78, 5) is 37.0. The second kappa shape index (κ2) is 6.02. The van der Waals surface area contributed by atoms with E-state index >= 15 is 0 Å². The molecule has 8 heteroatoms. The maximum atomic E-state index is 13.6. The number of hydrogen-bond donors (Lipinski definition) is 2. The molecule has 0 bridgehead atoms. The summed E-state index contributed by atoms with van der Waals surface area (Å²) in [5.41, 5.74) is 4.45. The highest BCUT2D eigenvalue weighted by atomic mass is 19.1. The van der Waals surface area contributed by atoms with E-state index < -0.39 is 34.9 Å². The molecule has 130 valence electrons. The first-order chi connectivity index (χ1) is 11.6. The van der Waals surface area contributed by atoms with Crippen LogP contribution in [0, 0.1) is 23.1 Å². The van der Waals surface area contributed by atoms with Crippen molar-refractivity contribution in [1.82, 2.24) is 4.90 Å². The number of halogens is 1. The second-order valence-corrected chi connectivity index (χ2v) is 5.85. The van der Waals surface area contributed by atoms with Crippen LogP contribution in [0.5, 0.6) is 0 Å². The maximum Gasteiger partial charge on any atom is 0.375 e. The second-order valence-electron chi connectivity index (χ2n) is 5.85. The number of carbonyl (C=O) groups is 3. The van der Waals surface area contributed by atoms with Crippen LogP contribution in [-0.4, -0.2) is 40.3 Å². The first-order valence-corrected chi connectivity index (χ1v) is 7.32. The molecule has 3 N–H and O–H groups in total. The minimum atomic E-state index is -2.09. The molecule has 1 aliphatic rings. The zero-order valence-corrected chi connectivity index (χ0v) is 13.8. The van der Waals surface area contributed by atoms with E-state index in [0.29, 0.717) is 16.8 Å². The lowest BCUT2D eigenvalue weighted by atomic mass is 9.76. The third kappa shape index (κ3) is 2.36. The number of carboxylic acid groups (broad SMARTS) is 1. The number of rotatable bonds is 4. The number of Topliss-reactive ketones (excluding diaryl/α,β-unsaturated/α-hetero) is 1. The fraction of sp³-hybridized carbons (Fsp3) is 0.294. The Balaban J connectivity index is 2.71. The van der Waals surface area contributed by atoms with E-state index in [-0.39, 0.29) is 5.56 Å². The molecule has 2 unspecified atom stereocenters. The smallest absolute Gasteiger partial charge is 0.375 e. The molecule has 2 rings (SSSR count). The number of carboxylic acids is 1. The number of likely N-dealkylation sites (N-methyl/N-ethyl adjacent to an activating group) is 1. The Bertz CT molecular complexity index is 871. The van der Waals surface area contributed by atoms with Gasteiger partial charge in [0, 0.05) is 18.7 Å². The van der Waals surface area contributed by atoms with E-state index in [1.54, 1.807) is 13.0 Å². The molecule has 0 spiro atoms. The van der Waals surface area contributed by atoms with Gasteiger partial charge in [-0.15, -0.1) is 0 Å². The van der Waals surface area contributed by atoms with E-state index in [9.17, 15) is 18.8 Å². The van der Waals surface area contributed by atoms with Crippen LogP contribution in [0.2, 0.25) is 0 Å². The Kier molecular flexibility index (Phi) is 4.36. The molecule has 1 aromatic carbocycles. The van der Waals surface area contributed by atoms with Crippen molar-refractivity contribution < 1.29 is 23.9 Å². The first-order valence-electron chi connectivity index (χ1n) is 7.32. The Morgan fingerprint density at radius 2 is 2.00 bits per heavy atom. The van der Waals surface area contributed by atoms with Gasteiger partial charge in [-0.1, -0.05) is 13.0 Å². The lowest BCUT2D eigenvalue weighted by Gasteiger charge is -2.36. The number of nitriles is 1. The van der Waals surface area contributed by atoms with E-state index in [0.717, 1.165) is 6.07 Å². The largest absolute Gasteiger partial charge is 0.475 e. The average Bonchev–Trinajstić information content (AvgIpc) is 2.75. The Labute approximate surface area is 143 Å². The zero-order chi connectivity index (χ0) is 19.1. The summed E-state index contributed by atoms with van der Waals surface area (Å²) in [6, 6.07) is 5.52. The molecule has 2 atom stereocenters. The molecule has 1 heterocycles. The van der Waals surface area contributed by atoms with Crippen LogP contribution in [0.25, 0.3) is 5.57 Å². The van der Waals surface area contributed by atoms with Gasteiger partial charge in [0.15, 0.2) is 5.54 Å². The molecule has 0 radical (unpaired) electrons. The topological polar surface area (TPSA) is 124 Å². The van der Waals surface area contributed by atoms with Gasteiger partial charge >= 0.3 is 5.97 Å². The highest BCUT2D eigenvalue weighted by molar-refractivity contribution is 6.42. The van der Waals surface area contributed by atoms with Crippen LogP contribution in [0.1, 0.15) is 25.0 Å². The normalized spacial score (nSPS) is 22.7. The summed E-state index contributed by atoms with van der Waals surface area (Å²) < 4.78 is 13.6. The van der Waals surface area contributed by atoms with Gasteiger partial charge in [0.25, 0.3) is 11.7 Å². The van der Waals surface area contributed by atoms with E-state index in [1.807, 2.05) is 0 Å². The molecule has 0 saturated heterocycles. The summed E-state index contributed by atoms with van der Waals surface area (Å²) in [7, 11) is 1.40. The van der Waals surface area contributed by atoms with Gasteiger partial charge < -0.3 is 15.7 Å². The minimum absolute atomic E-state index is 0.200. The molecule has 25 heavy (non-hydrogen) atoms. The summed E-state index contributed by atoms with van der Waals surface area (Å²) in [6.07, 6.45) is 0. The van der Waals surface area contributed by atoms with Crippen molar-refractivity contribution >= 4 is 23.2 Å². The minimum Gasteiger partial charge on any atom is -0.475 e. The molecule has 7 nitrogen and oxygen atoms in total. The summed E-state index contributed by atoms with van der Waals surface area (Å²) in [5.74, 6) is -5.82. The van der Waals surface area contributed by atoms with Crippen LogP contribution >= 0.6 is 0 Å². The number of allylic oxidation sites excluding steroid dienone is 1. The quantitative estimate of drug-likeness (QED) is 0.617. The molecule has 0 saturated carbocycles. The van der Waals surface area contributed by atoms with Gasteiger partial charge in [0.1, 0.15) is 11.9 Å². The molecule has 1 aliphatic heterocycles. The third-order valence-electron chi connectivity index (χ3n) is 4.80. The van der Waals surface area contributed by atoms with E-state index in [2.05, 4.69) is 0 Å². The van der Waals surface area contributed by atoms with Gasteiger partial charge in [-0.2, -0.15) is 5.26 Å². The number of benzene rings is 1. The van der Waals surface area contributed by atoms with Crippen molar-refractivity contribution in [3.8, 4) is 6.07 Å². The fourth-order valence-electron chi connectivity index (χ4n) is 3.50. The third-order valence-corrected chi connectivity index (χ3v) is 4.80. The number of hydrogen-bond acceptors (Lipinski definition) is 5. The van der Waals surface area contributed by atoms with Crippen molar-refractivity contribution in [2.75, 3.05) is 7.05 Å². The van der Waals surface area contributed by atoms with Crippen molar-refractivity contribution in [3.05, 3.63) is 40.8 Å². The van der Waals surface area contributed by atoms with Crippen molar-refractivity contribution in [2.45, 2.75) is 19.4 Å².